The quantitative estimate of drug-likeness (QED) is 0.788. The minimum Gasteiger partial charge on any atom is -0.476 e. The third-order valence-electron chi connectivity index (χ3n) is 1.95. The van der Waals surface area contributed by atoms with Crippen LogP contribution in [0.4, 0.5) is 0 Å². The number of benzene rings is 1. The summed E-state index contributed by atoms with van der Waals surface area (Å²) in [6, 6.07) is 7.62. The molecule has 0 amide bonds. The maximum absolute atomic E-state index is 8.76. The zero-order valence-electron chi connectivity index (χ0n) is 8.34. The topological polar surface area (TPSA) is 33.0 Å². The van der Waals surface area contributed by atoms with Gasteiger partial charge in [-0.3, -0.25) is 0 Å². The van der Waals surface area contributed by atoms with Crippen molar-refractivity contribution in [2.75, 3.05) is 0 Å². The van der Waals surface area contributed by atoms with Gasteiger partial charge in [0, 0.05) is 10.4 Å². The van der Waals surface area contributed by atoms with Crippen molar-refractivity contribution < 1.29 is 4.74 Å². The van der Waals surface area contributed by atoms with Crippen LogP contribution in [0.1, 0.15) is 18.9 Å². The van der Waals surface area contributed by atoms with Crippen molar-refractivity contribution in [3.63, 3.8) is 0 Å². The number of hydrogen-bond acceptors (Lipinski definition) is 2. The predicted octanol–water partition coefficient (Wildman–Crippen LogP) is 3.87. The van der Waals surface area contributed by atoms with Crippen molar-refractivity contribution in [3.8, 4) is 11.8 Å². The molecule has 0 N–H and O–H groups in total. The molecule has 0 aromatic heterocycles. The molecule has 1 aromatic rings. The first-order valence-electron chi connectivity index (χ1n) is 4.62. The third-order valence-corrected chi connectivity index (χ3v) is 3.02. The summed E-state index contributed by atoms with van der Waals surface area (Å²) in [5, 5.41) is 8.76. The molecule has 0 aliphatic carbocycles. The lowest BCUT2D eigenvalue weighted by molar-refractivity contribution is 0.251. The Balaban J connectivity index is 2.83. The summed E-state index contributed by atoms with van der Waals surface area (Å²) in [4.78, 5) is 0. The van der Waals surface area contributed by atoms with E-state index in [2.05, 4.69) is 22.0 Å². The van der Waals surface area contributed by atoms with Crippen molar-refractivity contribution in [1.82, 2.24) is 0 Å². The van der Waals surface area contributed by atoms with Crippen LogP contribution in [-0.2, 0) is 5.88 Å². The Kier molecular flexibility index (Phi) is 4.93. The molecule has 0 saturated heterocycles. The van der Waals surface area contributed by atoms with E-state index in [9.17, 15) is 0 Å². The van der Waals surface area contributed by atoms with Crippen LogP contribution < -0.4 is 4.74 Å². The van der Waals surface area contributed by atoms with Crippen LogP contribution in [0.5, 0.6) is 5.75 Å². The number of nitrogens with zero attached hydrogens (tertiary/aromatic N) is 1. The van der Waals surface area contributed by atoms with E-state index < -0.39 is 6.10 Å². The van der Waals surface area contributed by atoms with Crippen LogP contribution in [0.3, 0.4) is 0 Å². The molecule has 15 heavy (non-hydrogen) atoms. The molecule has 2 nitrogen and oxygen atoms in total. The minimum absolute atomic E-state index is 0.394. The number of nitriles is 1. The van der Waals surface area contributed by atoms with E-state index >= 15 is 0 Å². The van der Waals surface area contributed by atoms with Gasteiger partial charge in [0.2, 0.25) is 0 Å². The van der Waals surface area contributed by atoms with Gasteiger partial charge in [-0.15, -0.1) is 11.6 Å². The van der Waals surface area contributed by atoms with Gasteiger partial charge >= 0.3 is 0 Å². The average molecular weight is 289 g/mol. The smallest absolute Gasteiger partial charge is 0.184 e. The van der Waals surface area contributed by atoms with E-state index in [4.69, 9.17) is 21.6 Å². The normalized spacial score (nSPS) is 11.9. The third kappa shape index (κ3) is 3.40. The maximum atomic E-state index is 8.76. The first kappa shape index (κ1) is 12.4. The summed E-state index contributed by atoms with van der Waals surface area (Å²) in [6.07, 6.45) is 0.275. The van der Waals surface area contributed by atoms with E-state index in [0.717, 1.165) is 10.0 Å². The van der Waals surface area contributed by atoms with Crippen molar-refractivity contribution in [2.45, 2.75) is 25.3 Å². The molecule has 0 fully saturated rings. The highest BCUT2D eigenvalue weighted by atomic mass is 79.9. The second kappa shape index (κ2) is 5.99. The van der Waals surface area contributed by atoms with Gasteiger partial charge in [-0.25, -0.2) is 0 Å². The molecule has 1 aromatic carbocycles. The molecule has 1 rings (SSSR count). The predicted molar refractivity (Wildman–Crippen MR) is 64.0 cm³/mol. The number of halogens is 2. The second-order valence-corrected chi connectivity index (χ2v) is 4.15. The fourth-order valence-electron chi connectivity index (χ4n) is 1.09. The number of ether oxygens (including phenoxy) is 1. The van der Waals surface area contributed by atoms with Gasteiger partial charge in [0.25, 0.3) is 0 Å². The first-order valence-corrected chi connectivity index (χ1v) is 5.94. The Morgan fingerprint density at radius 1 is 1.60 bits per heavy atom. The van der Waals surface area contributed by atoms with Gasteiger partial charge in [0.1, 0.15) is 11.8 Å². The molecule has 0 bridgehead atoms. The fourth-order valence-corrected chi connectivity index (χ4v) is 1.86. The highest BCUT2D eigenvalue weighted by Crippen LogP contribution is 2.24. The van der Waals surface area contributed by atoms with Gasteiger partial charge in [-0.1, -0.05) is 22.9 Å². The summed E-state index contributed by atoms with van der Waals surface area (Å²) in [5.41, 5.74) is 0.960. The fraction of sp³-hybridized carbons (Fsp3) is 0.364. The van der Waals surface area contributed by atoms with Crippen LogP contribution in [0, 0.1) is 11.3 Å². The largest absolute Gasteiger partial charge is 0.476 e. The van der Waals surface area contributed by atoms with Gasteiger partial charge in [-0.2, -0.15) is 5.26 Å². The molecule has 0 radical (unpaired) electrons. The van der Waals surface area contributed by atoms with E-state index in [0.29, 0.717) is 18.1 Å². The van der Waals surface area contributed by atoms with Crippen molar-refractivity contribution in [3.05, 3.63) is 28.2 Å². The first-order chi connectivity index (χ1) is 7.21. The summed E-state index contributed by atoms with van der Waals surface area (Å²) in [5.74, 6) is 1.10. The number of rotatable bonds is 4. The Hall–Kier alpha value is -0.720. The number of alkyl halides is 1. The van der Waals surface area contributed by atoms with Crippen molar-refractivity contribution in [2.24, 2.45) is 0 Å². The molecule has 0 heterocycles. The molecule has 1 unspecified atom stereocenters. The lowest BCUT2D eigenvalue weighted by Gasteiger charge is -2.11. The van der Waals surface area contributed by atoms with Crippen LogP contribution in [0.15, 0.2) is 22.7 Å². The molecule has 0 aliphatic rings. The molecule has 0 spiro atoms. The van der Waals surface area contributed by atoms with Crippen LogP contribution in [0.2, 0.25) is 0 Å². The summed E-state index contributed by atoms with van der Waals surface area (Å²) in [7, 11) is 0. The standard InChI is InChI=1S/C11H11BrClNO/c1-2-9(7-14)15-10-3-4-11(12)8(5-10)6-13/h3-5,9H,2,6H2,1H3. The minimum atomic E-state index is -0.394. The Labute approximate surface area is 103 Å². The number of hydrogen-bond donors (Lipinski definition) is 0. The molecule has 0 aliphatic heterocycles. The molecule has 1 atom stereocenters. The van der Waals surface area contributed by atoms with Crippen LogP contribution in [-0.4, -0.2) is 6.10 Å². The Morgan fingerprint density at radius 2 is 2.33 bits per heavy atom. The highest BCUT2D eigenvalue weighted by molar-refractivity contribution is 9.10. The van der Waals surface area contributed by atoms with Crippen molar-refractivity contribution in [1.29, 1.82) is 5.26 Å². The molecule has 80 valence electrons. The van der Waals surface area contributed by atoms with E-state index in [1.54, 1.807) is 0 Å². The summed E-state index contributed by atoms with van der Waals surface area (Å²) < 4.78 is 6.42. The molecule has 4 heteroatoms. The Bertz CT molecular complexity index is 375. The summed E-state index contributed by atoms with van der Waals surface area (Å²) >= 11 is 9.14. The molecular weight excluding hydrogens is 277 g/mol. The van der Waals surface area contributed by atoms with Gasteiger partial charge in [-0.05, 0) is 30.2 Å². The van der Waals surface area contributed by atoms with E-state index in [1.165, 1.54) is 0 Å². The van der Waals surface area contributed by atoms with Crippen LogP contribution >= 0.6 is 27.5 Å². The van der Waals surface area contributed by atoms with Gasteiger partial charge in [0.15, 0.2) is 6.10 Å². The monoisotopic (exact) mass is 287 g/mol. The average Bonchev–Trinajstić information content (AvgIpc) is 2.28. The Morgan fingerprint density at radius 3 is 2.87 bits per heavy atom. The van der Waals surface area contributed by atoms with Gasteiger partial charge < -0.3 is 4.74 Å². The SMILES string of the molecule is CCC(C#N)Oc1ccc(Br)c(CCl)c1. The van der Waals surface area contributed by atoms with E-state index in [1.807, 2.05) is 25.1 Å². The van der Waals surface area contributed by atoms with E-state index in [-0.39, 0.29) is 0 Å². The lowest BCUT2D eigenvalue weighted by Crippen LogP contribution is -2.12. The zero-order valence-corrected chi connectivity index (χ0v) is 10.7. The van der Waals surface area contributed by atoms with Crippen LogP contribution in [0.25, 0.3) is 0 Å². The highest BCUT2D eigenvalue weighted by Gasteiger charge is 2.07. The maximum Gasteiger partial charge on any atom is 0.184 e. The summed E-state index contributed by atoms with van der Waals surface area (Å²) in [6.45, 7) is 1.91. The van der Waals surface area contributed by atoms with Gasteiger partial charge in [0.05, 0.1) is 0 Å². The zero-order chi connectivity index (χ0) is 11.3. The molecular formula is C11H11BrClNO. The molecule has 0 saturated carbocycles. The van der Waals surface area contributed by atoms with Crippen molar-refractivity contribution >= 4 is 27.5 Å². The lowest BCUT2D eigenvalue weighted by atomic mass is 10.2. The second-order valence-electron chi connectivity index (χ2n) is 3.03.